The van der Waals surface area contributed by atoms with Gasteiger partial charge < -0.3 is 14.0 Å². The maximum absolute atomic E-state index is 6.31. The van der Waals surface area contributed by atoms with Crippen molar-refractivity contribution in [2.45, 2.75) is 76.4 Å². The van der Waals surface area contributed by atoms with Gasteiger partial charge in [0, 0.05) is 13.2 Å². The molecule has 130 valence electrons. The predicted octanol–water partition coefficient (Wildman–Crippen LogP) is 3.76. The summed E-state index contributed by atoms with van der Waals surface area (Å²) in [6, 6.07) is 7.00. The van der Waals surface area contributed by atoms with Crippen molar-refractivity contribution in [3.8, 4) is 0 Å². The van der Waals surface area contributed by atoms with Crippen LogP contribution in [0.5, 0.6) is 0 Å². The van der Waals surface area contributed by atoms with Gasteiger partial charge in [-0.15, -0.1) is 0 Å². The maximum atomic E-state index is 6.31. The Hall–Kier alpha value is -0.835. The molecule has 2 heterocycles. The van der Waals surface area contributed by atoms with E-state index in [2.05, 4.69) is 45.9 Å². The van der Waals surface area contributed by atoms with E-state index in [4.69, 9.17) is 14.0 Å². The molecule has 4 heteroatoms. The lowest BCUT2D eigenvalue weighted by atomic mass is 9.73. The molecule has 4 rings (SSSR count). The van der Waals surface area contributed by atoms with Crippen LogP contribution >= 0.6 is 0 Å². The highest BCUT2D eigenvalue weighted by atomic mass is 16.7. The van der Waals surface area contributed by atoms with Crippen molar-refractivity contribution in [2.75, 3.05) is 13.2 Å². The van der Waals surface area contributed by atoms with Gasteiger partial charge in [0.15, 0.2) is 0 Å². The van der Waals surface area contributed by atoms with E-state index in [0.29, 0.717) is 11.8 Å². The molecule has 1 aromatic carbocycles. The van der Waals surface area contributed by atoms with Crippen LogP contribution in [-0.2, 0) is 14.0 Å². The summed E-state index contributed by atoms with van der Waals surface area (Å²) in [5.74, 6) is 1.34. The summed E-state index contributed by atoms with van der Waals surface area (Å²) in [5.41, 5.74) is 3.61. The number of ether oxygens (including phenoxy) is 1. The Morgan fingerprint density at radius 3 is 2.08 bits per heavy atom. The number of rotatable bonds is 3. The Balaban J connectivity index is 1.64. The third kappa shape index (κ3) is 2.93. The minimum Gasteiger partial charge on any atom is -0.399 e. The van der Waals surface area contributed by atoms with Crippen LogP contribution in [-0.4, -0.2) is 31.5 Å². The molecule has 0 radical (unpaired) electrons. The van der Waals surface area contributed by atoms with Gasteiger partial charge in [0.2, 0.25) is 0 Å². The van der Waals surface area contributed by atoms with Crippen LogP contribution in [0.4, 0.5) is 0 Å². The van der Waals surface area contributed by atoms with Gasteiger partial charge in [0.25, 0.3) is 0 Å². The highest BCUT2D eigenvalue weighted by Crippen LogP contribution is 2.43. The molecule has 0 atom stereocenters. The molecule has 1 aliphatic carbocycles. The van der Waals surface area contributed by atoms with Crippen LogP contribution in [0.3, 0.4) is 0 Å². The highest BCUT2D eigenvalue weighted by Gasteiger charge is 2.52. The second-order valence-electron chi connectivity index (χ2n) is 8.64. The monoisotopic (exact) mass is 328 g/mol. The number of hydrogen-bond acceptors (Lipinski definition) is 3. The first-order valence-corrected chi connectivity index (χ1v) is 9.44. The minimum absolute atomic E-state index is 0.241. The van der Waals surface area contributed by atoms with E-state index >= 15 is 0 Å². The second-order valence-corrected chi connectivity index (χ2v) is 8.64. The van der Waals surface area contributed by atoms with Gasteiger partial charge in [0.05, 0.1) is 11.2 Å². The maximum Gasteiger partial charge on any atom is 0.495 e. The van der Waals surface area contributed by atoms with Crippen molar-refractivity contribution in [2.24, 2.45) is 0 Å². The van der Waals surface area contributed by atoms with Gasteiger partial charge in [-0.05, 0) is 81.8 Å². The molecule has 0 amide bonds. The van der Waals surface area contributed by atoms with Crippen LogP contribution in [0.2, 0.25) is 0 Å². The molecule has 0 aromatic heterocycles. The summed E-state index contributed by atoms with van der Waals surface area (Å²) in [7, 11) is -0.241. The summed E-state index contributed by atoms with van der Waals surface area (Å²) < 4.78 is 18.1. The Kier molecular flexibility index (Phi) is 4.06. The van der Waals surface area contributed by atoms with Crippen LogP contribution in [0.1, 0.15) is 76.3 Å². The lowest BCUT2D eigenvalue weighted by molar-refractivity contribution is 0.00578. The molecule has 3 nitrogen and oxygen atoms in total. The first-order valence-electron chi connectivity index (χ1n) is 9.44. The molecule has 3 aliphatic rings. The lowest BCUT2D eigenvalue weighted by Crippen LogP contribution is -2.41. The SMILES string of the molecule is CC1(C)OB(c2ccc(C3CCOCC3)cc2C2CC2)OC1(C)C. The first kappa shape index (κ1) is 16.6. The second kappa shape index (κ2) is 5.86. The van der Waals surface area contributed by atoms with Crippen molar-refractivity contribution >= 4 is 12.6 Å². The normalized spacial score (nSPS) is 26.8. The fourth-order valence-electron chi connectivity index (χ4n) is 3.81. The Bertz CT molecular complexity index is 599. The van der Waals surface area contributed by atoms with E-state index in [9.17, 15) is 0 Å². The van der Waals surface area contributed by atoms with Gasteiger partial charge >= 0.3 is 7.12 Å². The Morgan fingerprint density at radius 2 is 1.50 bits per heavy atom. The summed E-state index contributed by atoms with van der Waals surface area (Å²) in [5, 5.41) is 0. The molecule has 1 saturated carbocycles. The summed E-state index contributed by atoms with van der Waals surface area (Å²) in [6.45, 7) is 10.3. The fourth-order valence-corrected chi connectivity index (χ4v) is 3.81. The Morgan fingerprint density at radius 1 is 0.875 bits per heavy atom. The van der Waals surface area contributed by atoms with E-state index in [-0.39, 0.29) is 18.3 Å². The molecule has 2 saturated heterocycles. The van der Waals surface area contributed by atoms with Gasteiger partial charge in [0.1, 0.15) is 0 Å². The van der Waals surface area contributed by atoms with Crippen molar-refractivity contribution < 1.29 is 14.0 Å². The molecule has 0 unspecified atom stereocenters. The fraction of sp³-hybridized carbons (Fsp3) is 0.700. The van der Waals surface area contributed by atoms with E-state index in [1.807, 2.05) is 0 Å². The van der Waals surface area contributed by atoms with Crippen molar-refractivity contribution in [1.82, 2.24) is 0 Å². The zero-order valence-corrected chi connectivity index (χ0v) is 15.4. The van der Waals surface area contributed by atoms with Gasteiger partial charge in [-0.2, -0.15) is 0 Å². The average Bonchev–Trinajstić information content (AvgIpc) is 3.35. The zero-order chi connectivity index (χ0) is 16.9. The molecule has 0 N–H and O–H groups in total. The average molecular weight is 328 g/mol. The largest absolute Gasteiger partial charge is 0.495 e. The molecule has 24 heavy (non-hydrogen) atoms. The number of hydrogen-bond donors (Lipinski definition) is 0. The standard InChI is InChI=1S/C20H29BO3/c1-19(2)20(3,4)24-21(23-19)18-8-7-16(13-17(18)15-5-6-15)14-9-11-22-12-10-14/h7-8,13-15H,5-6,9-12H2,1-4H3. The number of benzene rings is 1. The summed E-state index contributed by atoms with van der Waals surface area (Å²) in [6.07, 6.45) is 4.87. The minimum atomic E-state index is -0.280. The first-order chi connectivity index (χ1) is 11.4. The van der Waals surface area contributed by atoms with Crippen molar-refractivity contribution in [3.05, 3.63) is 29.3 Å². The third-order valence-electron chi connectivity index (χ3n) is 6.33. The highest BCUT2D eigenvalue weighted by molar-refractivity contribution is 6.62. The van der Waals surface area contributed by atoms with Gasteiger partial charge in [-0.1, -0.05) is 18.2 Å². The molecule has 2 aliphatic heterocycles. The molecule has 1 aromatic rings. The summed E-state index contributed by atoms with van der Waals surface area (Å²) in [4.78, 5) is 0. The van der Waals surface area contributed by atoms with Gasteiger partial charge in [-0.3, -0.25) is 0 Å². The molecule has 0 bridgehead atoms. The van der Waals surface area contributed by atoms with E-state index in [1.54, 1.807) is 0 Å². The molecule has 3 fully saturated rings. The molecular formula is C20H29BO3. The lowest BCUT2D eigenvalue weighted by Gasteiger charge is -2.32. The van der Waals surface area contributed by atoms with Crippen molar-refractivity contribution in [3.63, 3.8) is 0 Å². The molecular weight excluding hydrogens is 299 g/mol. The topological polar surface area (TPSA) is 27.7 Å². The third-order valence-corrected chi connectivity index (χ3v) is 6.33. The predicted molar refractivity (Wildman–Crippen MR) is 96.9 cm³/mol. The van der Waals surface area contributed by atoms with E-state index < -0.39 is 0 Å². The quantitative estimate of drug-likeness (QED) is 0.791. The smallest absolute Gasteiger partial charge is 0.399 e. The Labute approximate surface area is 146 Å². The molecule has 0 spiro atoms. The van der Waals surface area contributed by atoms with Crippen LogP contribution in [0.25, 0.3) is 0 Å². The van der Waals surface area contributed by atoms with E-state index in [0.717, 1.165) is 26.1 Å². The summed E-state index contributed by atoms with van der Waals surface area (Å²) >= 11 is 0. The van der Waals surface area contributed by atoms with Crippen LogP contribution in [0.15, 0.2) is 18.2 Å². The zero-order valence-electron chi connectivity index (χ0n) is 15.4. The van der Waals surface area contributed by atoms with Crippen LogP contribution < -0.4 is 5.46 Å². The van der Waals surface area contributed by atoms with E-state index in [1.165, 1.54) is 29.4 Å². The van der Waals surface area contributed by atoms with Gasteiger partial charge in [-0.25, -0.2) is 0 Å². The van der Waals surface area contributed by atoms with Crippen molar-refractivity contribution in [1.29, 1.82) is 0 Å². The van der Waals surface area contributed by atoms with Crippen LogP contribution in [0, 0.1) is 0 Å².